The lowest BCUT2D eigenvalue weighted by atomic mass is 9.86. The second-order valence-corrected chi connectivity index (χ2v) is 29.9. The second-order valence-electron chi connectivity index (χ2n) is 29.1. The van der Waals surface area contributed by atoms with Crippen molar-refractivity contribution in [3.8, 4) is 57.1 Å². The van der Waals surface area contributed by atoms with Crippen molar-refractivity contribution < 1.29 is 122 Å². The average molecular weight is 1600 g/mol. The van der Waals surface area contributed by atoms with Gasteiger partial charge in [-0.15, -0.1) is 0 Å². The molecule has 2 saturated heterocycles. The Kier molecular flexibility index (Phi) is 27.6. The number of nitrogens with two attached hydrogens (primary N) is 2. The van der Waals surface area contributed by atoms with Crippen LogP contribution >= 0.6 is 23.2 Å². The van der Waals surface area contributed by atoms with Gasteiger partial charge in [0.1, 0.15) is 83.4 Å². The van der Waals surface area contributed by atoms with E-state index in [0.29, 0.717) is 6.42 Å². The van der Waals surface area contributed by atoms with Crippen LogP contribution in [0.5, 0.6) is 46.0 Å². The zero-order chi connectivity index (χ0) is 81.5. The molecule has 36 heteroatoms. The summed E-state index contributed by atoms with van der Waals surface area (Å²) in [6.45, 7) is 7.72. The third-order valence-corrected chi connectivity index (χ3v) is 20.6. The van der Waals surface area contributed by atoms with Gasteiger partial charge in [0.25, 0.3) is 0 Å². The van der Waals surface area contributed by atoms with Gasteiger partial charge < -0.3 is 128 Å². The summed E-state index contributed by atoms with van der Waals surface area (Å²) in [6.07, 6.45) is -13.5. The molecule has 0 saturated carbocycles. The maximum Gasteiger partial charge on any atom is 0.330 e. The third-order valence-electron chi connectivity index (χ3n) is 20.0. The number of carbonyl (C=O) groups excluding carboxylic acids is 8. The first-order valence-corrected chi connectivity index (χ1v) is 37.3. The lowest BCUT2D eigenvalue weighted by Crippen LogP contribution is -2.64. The number of phenolic OH excluding ortho intramolecular Hbond substituents is 3. The van der Waals surface area contributed by atoms with Gasteiger partial charge in [0.2, 0.25) is 53.4 Å². The van der Waals surface area contributed by atoms with E-state index in [4.69, 9.17) is 67.8 Å². The fourth-order valence-corrected chi connectivity index (χ4v) is 14.5. The molecule has 11 bridgehead atoms. The Morgan fingerprint density at radius 1 is 0.705 bits per heavy atom. The number of rotatable bonds is 22. The number of benzene rings is 5. The highest BCUT2D eigenvalue weighted by molar-refractivity contribution is 6.32. The van der Waals surface area contributed by atoms with Crippen molar-refractivity contribution in [2.75, 3.05) is 13.7 Å². The highest BCUT2D eigenvalue weighted by atomic mass is 35.5. The minimum Gasteiger partial charge on any atom is -0.508 e. The van der Waals surface area contributed by atoms with Crippen LogP contribution < -0.4 is 62.9 Å². The number of phenols is 3. The molecule has 34 nitrogen and oxygen atoms in total. The van der Waals surface area contributed by atoms with Gasteiger partial charge in [-0.3, -0.25) is 38.4 Å². The number of halogens is 2. The van der Waals surface area contributed by atoms with E-state index in [-0.39, 0.29) is 59.1 Å². The monoisotopic (exact) mass is 1600 g/mol. The van der Waals surface area contributed by atoms with Crippen molar-refractivity contribution in [1.82, 2.24) is 37.2 Å². The highest BCUT2D eigenvalue weighted by Crippen LogP contribution is 2.50. The first-order valence-electron chi connectivity index (χ1n) is 36.6. The Bertz CT molecular complexity index is 4360. The molecule has 606 valence electrons. The zero-order valence-electron chi connectivity index (χ0n) is 61.9. The van der Waals surface area contributed by atoms with E-state index in [2.05, 4.69) is 44.1 Å². The second kappa shape index (κ2) is 36.4. The highest BCUT2D eigenvalue weighted by Gasteiger charge is 2.52. The summed E-state index contributed by atoms with van der Waals surface area (Å²) in [5, 5.41) is 120. The van der Waals surface area contributed by atoms with Gasteiger partial charge in [-0.1, -0.05) is 101 Å². The van der Waals surface area contributed by atoms with E-state index < -0.39 is 243 Å². The summed E-state index contributed by atoms with van der Waals surface area (Å²) in [7, 11) is 1.48. The molecule has 7 heterocycles. The van der Waals surface area contributed by atoms with Gasteiger partial charge in [-0.2, -0.15) is 0 Å². The number of aromatic hydroxyl groups is 3. The van der Waals surface area contributed by atoms with Gasteiger partial charge in [-0.05, 0) is 117 Å². The van der Waals surface area contributed by atoms with Gasteiger partial charge in [-0.25, -0.2) is 4.79 Å². The summed E-state index contributed by atoms with van der Waals surface area (Å²) in [6, 6.07) is -0.494. The Morgan fingerprint density at radius 2 is 1.32 bits per heavy atom. The van der Waals surface area contributed by atoms with E-state index in [9.17, 15) is 69.9 Å². The molecule has 7 amide bonds. The van der Waals surface area contributed by atoms with Crippen LogP contribution in [-0.4, -0.2) is 192 Å². The first-order chi connectivity index (χ1) is 53.1. The van der Waals surface area contributed by atoms with Crippen LogP contribution in [0.2, 0.25) is 10.0 Å². The van der Waals surface area contributed by atoms with E-state index in [1.165, 1.54) is 45.2 Å². The maximum absolute atomic E-state index is 16.3. The van der Waals surface area contributed by atoms with Crippen LogP contribution in [0.3, 0.4) is 0 Å². The topological polar surface area (TPSA) is 537 Å². The number of ether oxygens (including phenoxy) is 7. The number of hydrogen-bond donors (Lipinski definition) is 18. The van der Waals surface area contributed by atoms with Crippen molar-refractivity contribution in [2.45, 2.75) is 214 Å². The lowest BCUT2D eigenvalue weighted by Gasteiger charge is -2.47. The fourth-order valence-electron chi connectivity index (χ4n) is 14.0. The number of aliphatic carboxylic acids is 1. The molecule has 112 heavy (non-hydrogen) atoms. The predicted molar refractivity (Wildman–Crippen MR) is 396 cm³/mol. The van der Waals surface area contributed by atoms with Crippen molar-refractivity contribution in [1.29, 1.82) is 0 Å². The molecule has 2 fully saturated rings. The number of unbranched alkanes of at least 4 members (excludes halogenated alkanes) is 6. The van der Waals surface area contributed by atoms with Crippen LogP contribution in [0.4, 0.5) is 0 Å². The normalized spacial score (nSPS) is 27.7. The van der Waals surface area contributed by atoms with Crippen molar-refractivity contribution in [3.63, 3.8) is 0 Å². The van der Waals surface area contributed by atoms with Gasteiger partial charge in [0.05, 0.1) is 41.3 Å². The molecule has 0 unspecified atom stereocenters. The van der Waals surface area contributed by atoms with Gasteiger partial charge in [0, 0.05) is 41.1 Å². The Balaban J connectivity index is 1.25. The van der Waals surface area contributed by atoms with E-state index >= 15 is 19.2 Å². The van der Waals surface area contributed by atoms with E-state index in [1.807, 2.05) is 13.8 Å². The smallest absolute Gasteiger partial charge is 0.330 e. The third kappa shape index (κ3) is 19.5. The van der Waals surface area contributed by atoms with Gasteiger partial charge >= 0.3 is 11.9 Å². The Hall–Kier alpha value is -9.69. The Labute approximate surface area is 652 Å². The zero-order valence-corrected chi connectivity index (χ0v) is 63.4. The Morgan fingerprint density at radius 3 is 1.94 bits per heavy atom. The quantitative estimate of drug-likeness (QED) is 0.0346. The molecule has 0 spiro atoms. The molecule has 7 aliphatic rings. The lowest BCUT2D eigenvalue weighted by molar-refractivity contribution is -0.333. The molecular weight excluding hydrogens is 1510 g/mol. The van der Waals surface area contributed by atoms with Gasteiger partial charge in [0.15, 0.2) is 36.0 Å². The number of likely N-dealkylation sites (N-methyl/N-ethyl adjacent to an activating group) is 1. The molecular formula is C76H93Cl2N9O25. The summed E-state index contributed by atoms with van der Waals surface area (Å²) in [5.74, 6) is -17.0. The van der Waals surface area contributed by atoms with Crippen LogP contribution in [0.1, 0.15) is 163 Å². The maximum atomic E-state index is 16.3. The number of fused-ring (bicyclic) bond motifs is 15. The van der Waals surface area contributed by atoms with E-state index in [0.717, 1.165) is 86.7 Å². The minimum atomic E-state index is -2.37. The number of nitrogens with one attached hydrogen (secondary N) is 7. The number of hydrogen-bond acceptors (Lipinski definition) is 26. The summed E-state index contributed by atoms with van der Waals surface area (Å²) in [4.78, 5) is 134. The number of carboxylic acid groups (broad SMARTS) is 1. The molecule has 20 N–H and O–H groups in total. The number of aliphatic hydroxyl groups excluding tert-OH is 5. The molecule has 5 aromatic rings. The number of esters is 1. The van der Waals surface area contributed by atoms with Crippen molar-refractivity contribution in [2.24, 2.45) is 17.4 Å². The molecule has 7 aliphatic heterocycles. The van der Waals surface area contributed by atoms with E-state index in [1.54, 1.807) is 0 Å². The number of carbonyl (C=O) groups is 9. The predicted octanol–water partition coefficient (Wildman–Crippen LogP) is 3.80. The largest absolute Gasteiger partial charge is 0.508 e. The summed E-state index contributed by atoms with van der Waals surface area (Å²) < 4.78 is 45.0. The molecule has 0 aromatic heterocycles. The van der Waals surface area contributed by atoms with Crippen LogP contribution in [0.15, 0.2) is 78.9 Å². The molecule has 0 radical (unpaired) electrons. The molecule has 12 rings (SSSR count). The molecule has 5 aromatic carbocycles. The standard InChI is InChI=1S/C76H93Cl2N9O25/c1-7-8-9-10-11-12-13-14-53(93)110-64-36-17-20-48(42(78)24-36)108-50-26-37-25-49(65(50)112-75-66(63(96)62(95)51(31-88)109-75)111-54-30-76(5,80)67(97)33(4)106-54)107-47-19-16-35(23-41(47)77)61(94)59(86-68(98)43(81-6)21-32(2)3)72(102)82-44(29-52(79)92)69(99)83-57(37)71(101)84-56-34-15-18-45(90)39(22-34)55-40(27-38(89)28-46(55)91)58(74(104)105)85-73(103)60(64)87-70(56)100/h15-20,22-28,32-33,43-44,51,54,56-64,66-67,75,81,88-91,94-97H,7-14,21,29-31,80H2,1-6H3,(H2,79,92)(H,82,102)(H,83,99)(H,84,101)(H,85,103)(H,86,98)(H,87,100)(H,104,105)/t33-,43+,44-,51+,54-,56+,57+,58-,59+,60-,61+,62+,63-,64+,66+,67+,75-,76-/m0/s1. The van der Waals surface area contributed by atoms with Crippen LogP contribution in [-0.2, 0) is 62.1 Å². The van der Waals surface area contributed by atoms with Crippen molar-refractivity contribution >= 4 is 76.5 Å². The number of aliphatic hydroxyl groups is 5. The number of carboxylic acids is 1. The molecule has 18 atom stereocenters. The molecule has 0 aliphatic carbocycles. The summed E-state index contributed by atoms with van der Waals surface area (Å²) in [5.41, 5.74) is 8.15. The van der Waals surface area contributed by atoms with Crippen LogP contribution in [0.25, 0.3) is 11.1 Å². The van der Waals surface area contributed by atoms with Crippen molar-refractivity contribution in [3.05, 3.63) is 117 Å². The fraction of sp³-hybridized carbons (Fsp3) is 0.487. The SMILES string of the molecule is CCCCCCCCCC(=O)O[C@@H]1c2ccc(c(Cl)c2)Oc2cc3cc(c2O[C@@H]2O[C@H](CO)[C@@H](O)[C@H](O)[C@H]2O[C@H]2C[C@](C)(N)[C@H](O)[C@H](C)O2)Oc2ccc(cc2Cl)[C@@H](O)[C@@H](NC(=O)[C@@H](CC(C)C)NC)C(=O)N[C@@H](CC(N)=O)C(=O)N[C@H]3C(=O)N[C@H]2C(=O)N[C@@H]1C(=O)N[C@H](C(=O)O)c1cc(O)cc(O)c1-c1cc2ccc1O. The average Bonchev–Trinajstić information content (AvgIpc) is 0.763. The summed E-state index contributed by atoms with van der Waals surface area (Å²) >= 11 is 14.4. The number of primary amides is 1. The van der Waals surface area contributed by atoms with Crippen LogP contribution in [0, 0.1) is 5.92 Å². The minimum absolute atomic E-state index is 0.107. The number of amides is 7. The first kappa shape index (κ1) is 84.8.